The average Bonchev–Trinajstić information content (AvgIpc) is 2.46. The molecule has 21 heavy (non-hydrogen) atoms. The third kappa shape index (κ3) is 4.28. The molecule has 1 heterocycles. The highest BCUT2D eigenvalue weighted by molar-refractivity contribution is 5.84. The second-order valence-electron chi connectivity index (χ2n) is 6.93. The van der Waals surface area contributed by atoms with Gasteiger partial charge in [0.05, 0.1) is 0 Å². The number of nitrogens with one attached hydrogen (secondary N) is 1. The number of nitrogens with zero attached hydrogens (tertiary/aromatic N) is 1. The summed E-state index contributed by atoms with van der Waals surface area (Å²) in [5.41, 5.74) is 1.70. The molecule has 0 aliphatic carbocycles. The van der Waals surface area contributed by atoms with E-state index in [9.17, 15) is 0 Å². The van der Waals surface area contributed by atoms with Crippen molar-refractivity contribution >= 4 is 10.8 Å². The Balaban J connectivity index is 2.12. The standard InChI is InChI=1S/C19H28N2/c1-5-12-21-18(19(2,3)4)10-9-15-7-6-8-16-11-13-20-14-17(15)16/h6-8,11,13-14,18,21H,5,9-10,12H2,1-4H3. The fraction of sp³-hybridized carbons (Fsp3) is 0.526. The summed E-state index contributed by atoms with van der Waals surface area (Å²) in [5, 5.41) is 6.29. The molecule has 0 radical (unpaired) electrons. The van der Waals surface area contributed by atoms with E-state index in [0.29, 0.717) is 6.04 Å². The molecule has 2 heteroatoms. The van der Waals surface area contributed by atoms with Gasteiger partial charge in [-0.15, -0.1) is 0 Å². The van der Waals surface area contributed by atoms with Crippen LogP contribution in [0.15, 0.2) is 36.7 Å². The number of benzene rings is 1. The van der Waals surface area contributed by atoms with Crippen LogP contribution in [0.5, 0.6) is 0 Å². The summed E-state index contributed by atoms with van der Waals surface area (Å²) in [5.74, 6) is 0. The predicted octanol–water partition coefficient (Wildman–Crippen LogP) is 4.58. The lowest BCUT2D eigenvalue weighted by atomic mass is 9.83. The fourth-order valence-corrected chi connectivity index (χ4v) is 2.85. The largest absolute Gasteiger partial charge is 0.313 e. The lowest BCUT2D eigenvalue weighted by Gasteiger charge is -2.32. The summed E-state index contributed by atoms with van der Waals surface area (Å²) in [6.45, 7) is 10.3. The van der Waals surface area contributed by atoms with E-state index in [-0.39, 0.29) is 5.41 Å². The van der Waals surface area contributed by atoms with E-state index in [4.69, 9.17) is 0 Å². The van der Waals surface area contributed by atoms with Crippen molar-refractivity contribution in [2.24, 2.45) is 5.41 Å². The number of aryl methyl sites for hydroxylation is 1. The van der Waals surface area contributed by atoms with Crippen molar-refractivity contribution in [3.63, 3.8) is 0 Å². The van der Waals surface area contributed by atoms with Crippen molar-refractivity contribution in [3.05, 3.63) is 42.2 Å². The smallest absolute Gasteiger partial charge is 0.0349 e. The molecule has 0 aliphatic rings. The lowest BCUT2D eigenvalue weighted by Crippen LogP contribution is -2.41. The number of aromatic nitrogens is 1. The summed E-state index contributed by atoms with van der Waals surface area (Å²) in [7, 11) is 0. The van der Waals surface area contributed by atoms with Crippen LogP contribution in [0, 0.1) is 5.41 Å². The average molecular weight is 284 g/mol. The number of fused-ring (bicyclic) bond motifs is 1. The van der Waals surface area contributed by atoms with Gasteiger partial charge in [-0.3, -0.25) is 4.98 Å². The SMILES string of the molecule is CCCNC(CCc1cccc2ccncc12)C(C)(C)C. The van der Waals surface area contributed by atoms with E-state index in [1.165, 1.54) is 22.8 Å². The maximum Gasteiger partial charge on any atom is 0.0349 e. The third-order valence-corrected chi connectivity index (χ3v) is 4.16. The normalized spacial score (nSPS) is 13.5. The first-order valence-electron chi connectivity index (χ1n) is 8.07. The second kappa shape index (κ2) is 7.04. The molecule has 0 fully saturated rings. The van der Waals surface area contributed by atoms with Gasteiger partial charge in [0.1, 0.15) is 0 Å². The minimum atomic E-state index is 0.290. The molecule has 0 aliphatic heterocycles. The first kappa shape index (κ1) is 16.0. The van der Waals surface area contributed by atoms with Crippen LogP contribution in [0.4, 0.5) is 0 Å². The molecule has 1 unspecified atom stereocenters. The van der Waals surface area contributed by atoms with E-state index in [1.54, 1.807) is 0 Å². The van der Waals surface area contributed by atoms with Crippen LogP contribution in [-0.4, -0.2) is 17.6 Å². The number of hydrogen-bond acceptors (Lipinski definition) is 2. The van der Waals surface area contributed by atoms with E-state index in [1.807, 2.05) is 12.4 Å². The first-order chi connectivity index (χ1) is 10.0. The summed E-state index contributed by atoms with van der Waals surface area (Å²) in [4.78, 5) is 4.28. The van der Waals surface area contributed by atoms with Crippen LogP contribution < -0.4 is 5.32 Å². The van der Waals surface area contributed by atoms with Crippen molar-refractivity contribution in [3.8, 4) is 0 Å². The van der Waals surface area contributed by atoms with Crippen molar-refractivity contribution in [1.82, 2.24) is 10.3 Å². The Hall–Kier alpha value is -1.41. The van der Waals surface area contributed by atoms with Gasteiger partial charge in [0.15, 0.2) is 0 Å². The molecule has 0 spiro atoms. The Morgan fingerprint density at radius 2 is 2.00 bits per heavy atom. The molecule has 2 rings (SSSR count). The third-order valence-electron chi connectivity index (χ3n) is 4.16. The van der Waals surface area contributed by atoms with Gasteiger partial charge in [-0.2, -0.15) is 0 Å². The Bertz CT molecular complexity index is 564. The molecule has 114 valence electrons. The Kier molecular flexibility index (Phi) is 5.35. The first-order valence-corrected chi connectivity index (χ1v) is 8.07. The highest BCUT2D eigenvalue weighted by atomic mass is 14.9. The van der Waals surface area contributed by atoms with E-state index in [0.717, 1.165) is 19.4 Å². The van der Waals surface area contributed by atoms with Crippen LogP contribution in [0.2, 0.25) is 0 Å². The summed E-state index contributed by atoms with van der Waals surface area (Å²) in [6, 6.07) is 9.20. The van der Waals surface area contributed by atoms with Gasteiger partial charge in [-0.05, 0) is 48.2 Å². The van der Waals surface area contributed by atoms with Crippen LogP contribution in [0.3, 0.4) is 0 Å². The van der Waals surface area contributed by atoms with E-state index in [2.05, 4.69) is 62.3 Å². The van der Waals surface area contributed by atoms with Crippen molar-refractivity contribution < 1.29 is 0 Å². The minimum absolute atomic E-state index is 0.290. The van der Waals surface area contributed by atoms with Crippen molar-refractivity contribution in [1.29, 1.82) is 0 Å². The summed E-state index contributed by atoms with van der Waals surface area (Å²) >= 11 is 0. The maximum atomic E-state index is 4.28. The molecule has 1 N–H and O–H groups in total. The molecule has 0 saturated carbocycles. The quantitative estimate of drug-likeness (QED) is 0.839. The summed E-state index contributed by atoms with van der Waals surface area (Å²) in [6.07, 6.45) is 7.31. The molecule has 0 saturated heterocycles. The number of hydrogen-bond donors (Lipinski definition) is 1. The maximum absolute atomic E-state index is 4.28. The predicted molar refractivity (Wildman–Crippen MR) is 91.6 cm³/mol. The minimum Gasteiger partial charge on any atom is -0.313 e. The van der Waals surface area contributed by atoms with Gasteiger partial charge >= 0.3 is 0 Å². The van der Waals surface area contributed by atoms with Crippen LogP contribution in [0.1, 0.15) is 46.1 Å². The molecule has 0 bridgehead atoms. The Morgan fingerprint density at radius 1 is 1.19 bits per heavy atom. The van der Waals surface area contributed by atoms with Gasteiger partial charge < -0.3 is 5.32 Å². The monoisotopic (exact) mass is 284 g/mol. The second-order valence-corrected chi connectivity index (χ2v) is 6.93. The molecule has 2 aromatic rings. The van der Waals surface area contributed by atoms with E-state index < -0.39 is 0 Å². The topological polar surface area (TPSA) is 24.9 Å². The van der Waals surface area contributed by atoms with Gasteiger partial charge in [0.25, 0.3) is 0 Å². The summed E-state index contributed by atoms with van der Waals surface area (Å²) < 4.78 is 0. The van der Waals surface area contributed by atoms with Gasteiger partial charge in [-0.1, -0.05) is 45.9 Å². The molecule has 1 atom stereocenters. The number of rotatable bonds is 6. The zero-order valence-electron chi connectivity index (χ0n) is 13.8. The Morgan fingerprint density at radius 3 is 2.71 bits per heavy atom. The zero-order valence-corrected chi connectivity index (χ0v) is 13.8. The fourth-order valence-electron chi connectivity index (χ4n) is 2.85. The van der Waals surface area contributed by atoms with Gasteiger partial charge in [0, 0.05) is 23.8 Å². The molecule has 1 aromatic heterocycles. The van der Waals surface area contributed by atoms with Crippen molar-refractivity contribution in [2.45, 2.75) is 53.0 Å². The van der Waals surface area contributed by atoms with Gasteiger partial charge in [0.2, 0.25) is 0 Å². The molecular formula is C19H28N2. The molecule has 1 aromatic carbocycles. The Labute approximate surface area is 129 Å². The molecule has 0 amide bonds. The van der Waals surface area contributed by atoms with Crippen LogP contribution in [0.25, 0.3) is 10.8 Å². The van der Waals surface area contributed by atoms with Crippen LogP contribution >= 0.6 is 0 Å². The van der Waals surface area contributed by atoms with Crippen molar-refractivity contribution in [2.75, 3.05) is 6.54 Å². The highest BCUT2D eigenvalue weighted by Crippen LogP contribution is 2.25. The van der Waals surface area contributed by atoms with Gasteiger partial charge in [-0.25, -0.2) is 0 Å². The molecular weight excluding hydrogens is 256 g/mol. The number of pyridine rings is 1. The van der Waals surface area contributed by atoms with Crippen LogP contribution in [-0.2, 0) is 6.42 Å². The lowest BCUT2D eigenvalue weighted by molar-refractivity contribution is 0.255. The highest BCUT2D eigenvalue weighted by Gasteiger charge is 2.23. The van der Waals surface area contributed by atoms with E-state index >= 15 is 0 Å². The molecule has 2 nitrogen and oxygen atoms in total. The zero-order chi connectivity index (χ0) is 15.3.